The number of hydrogen-bond acceptors (Lipinski definition) is 2. The lowest BCUT2D eigenvalue weighted by Gasteiger charge is -2.17. The zero-order chi connectivity index (χ0) is 14.5. The van der Waals surface area contributed by atoms with E-state index in [2.05, 4.69) is 12.2 Å². The van der Waals surface area contributed by atoms with Gasteiger partial charge in [-0.1, -0.05) is 19.4 Å². The fraction of sp³-hybridized carbons (Fsp3) is 0.333. The van der Waals surface area contributed by atoms with Crippen molar-refractivity contribution in [2.24, 2.45) is 0 Å². The molecule has 5 heteroatoms. The number of nitrogens with one attached hydrogen (secondary N) is 1. The van der Waals surface area contributed by atoms with E-state index in [1.807, 2.05) is 17.5 Å². The number of thiophene rings is 1. The van der Waals surface area contributed by atoms with Crippen molar-refractivity contribution in [3.05, 3.63) is 57.5 Å². The van der Waals surface area contributed by atoms with Gasteiger partial charge in [0.2, 0.25) is 0 Å². The zero-order valence-electron chi connectivity index (χ0n) is 11.1. The number of benzene rings is 1. The van der Waals surface area contributed by atoms with Gasteiger partial charge >= 0.3 is 0 Å². The van der Waals surface area contributed by atoms with Crippen molar-refractivity contribution in [2.75, 3.05) is 0 Å². The number of rotatable bonds is 6. The van der Waals surface area contributed by atoms with Crippen LogP contribution in [0, 0.1) is 17.5 Å². The van der Waals surface area contributed by atoms with Crippen molar-refractivity contribution < 1.29 is 13.2 Å². The lowest BCUT2D eigenvalue weighted by Crippen LogP contribution is -2.20. The molecule has 1 heterocycles. The van der Waals surface area contributed by atoms with Gasteiger partial charge in [0.15, 0.2) is 17.5 Å². The Morgan fingerprint density at radius 2 is 1.90 bits per heavy atom. The van der Waals surface area contributed by atoms with Crippen LogP contribution in [0.5, 0.6) is 0 Å². The van der Waals surface area contributed by atoms with Gasteiger partial charge in [0.05, 0.1) is 0 Å². The minimum absolute atomic E-state index is 0.149. The van der Waals surface area contributed by atoms with Gasteiger partial charge in [-0.15, -0.1) is 11.3 Å². The monoisotopic (exact) mass is 299 g/mol. The second-order valence-corrected chi connectivity index (χ2v) is 5.59. The third kappa shape index (κ3) is 3.61. The molecule has 2 aromatic rings. The van der Waals surface area contributed by atoms with E-state index in [9.17, 15) is 13.2 Å². The van der Waals surface area contributed by atoms with E-state index in [1.165, 1.54) is 4.88 Å². The van der Waals surface area contributed by atoms with Crippen LogP contribution in [0.25, 0.3) is 0 Å². The quantitative estimate of drug-likeness (QED) is 0.756. The molecular formula is C15H16F3NS. The molecule has 1 nitrogen and oxygen atoms in total. The summed E-state index contributed by atoms with van der Waals surface area (Å²) < 4.78 is 39.2. The molecule has 108 valence electrons. The Balaban J connectivity index is 2.06. The molecule has 1 atom stereocenters. The molecular weight excluding hydrogens is 283 g/mol. The lowest BCUT2D eigenvalue weighted by molar-refractivity contribution is 0.441. The molecule has 0 aliphatic carbocycles. The molecule has 1 unspecified atom stereocenters. The van der Waals surface area contributed by atoms with Crippen molar-refractivity contribution in [1.82, 2.24) is 5.32 Å². The molecule has 0 aliphatic heterocycles. The lowest BCUT2D eigenvalue weighted by atomic mass is 10.1. The Morgan fingerprint density at radius 1 is 1.20 bits per heavy atom. The highest BCUT2D eigenvalue weighted by Crippen LogP contribution is 2.24. The third-order valence-corrected chi connectivity index (χ3v) is 4.05. The Hall–Kier alpha value is -1.33. The van der Waals surface area contributed by atoms with Crippen molar-refractivity contribution in [3.8, 4) is 0 Å². The van der Waals surface area contributed by atoms with Crippen molar-refractivity contribution >= 4 is 11.3 Å². The maximum atomic E-state index is 13.1. The van der Waals surface area contributed by atoms with Crippen LogP contribution in [0.1, 0.15) is 36.2 Å². The first-order valence-corrected chi connectivity index (χ1v) is 7.40. The van der Waals surface area contributed by atoms with E-state index in [0.717, 1.165) is 25.0 Å². The summed E-state index contributed by atoms with van der Waals surface area (Å²) in [5.41, 5.74) is 0.402. The van der Waals surface area contributed by atoms with E-state index >= 15 is 0 Å². The summed E-state index contributed by atoms with van der Waals surface area (Å²) in [4.78, 5) is 1.19. The van der Waals surface area contributed by atoms with Gasteiger partial charge in [-0.25, -0.2) is 13.2 Å². The minimum Gasteiger partial charge on any atom is -0.305 e. The highest BCUT2D eigenvalue weighted by atomic mass is 32.1. The average Bonchev–Trinajstić information content (AvgIpc) is 2.94. The zero-order valence-corrected chi connectivity index (χ0v) is 11.9. The van der Waals surface area contributed by atoms with Crippen molar-refractivity contribution in [3.63, 3.8) is 0 Å². The van der Waals surface area contributed by atoms with Crippen LogP contribution in [0.15, 0.2) is 29.6 Å². The molecule has 0 spiro atoms. The predicted octanol–water partition coefficient (Wildman–Crippen LogP) is 4.80. The first kappa shape index (κ1) is 15.1. The van der Waals surface area contributed by atoms with Crippen LogP contribution in [-0.2, 0) is 6.54 Å². The topological polar surface area (TPSA) is 12.0 Å². The van der Waals surface area contributed by atoms with Crippen LogP contribution in [0.2, 0.25) is 0 Å². The normalized spacial score (nSPS) is 12.6. The second-order valence-electron chi connectivity index (χ2n) is 4.61. The first-order chi connectivity index (χ1) is 9.61. The summed E-state index contributed by atoms with van der Waals surface area (Å²) in [5, 5.41) is 5.26. The van der Waals surface area contributed by atoms with Crippen LogP contribution in [0.3, 0.4) is 0 Å². The summed E-state index contributed by atoms with van der Waals surface area (Å²) in [5.74, 6) is -3.72. The largest absolute Gasteiger partial charge is 0.305 e. The maximum Gasteiger partial charge on any atom is 0.194 e. The molecule has 0 radical (unpaired) electrons. The summed E-state index contributed by atoms with van der Waals surface area (Å²) in [7, 11) is 0. The fourth-order valence-corrected chi connectivity index (χ4v) is 2.91. The molecule has 20 heavy (non-hydrogen) atoms. The van der Waals surface area contributed by atoms with Crippen LogP contribution >= 0.6 is 11.3 Å². The van der Waals surface area contributed by atoms with Gasteiger partial charge in [-0.05, 0) is 35.6 Å². The van der Waals surface area contributed by atoms with Crippen molar-refractivity contribution in [1.29, 1.82) is 0 Å². The molecule has 2 rings (SSSR count). The van der Waals surface area contributed by atoms with Gasteiger partial charge in [0, 0.05) is 17.5 Å². The highest BCUT2D eigenvalue weighted by Gasteiger charge is 2.13. The van der Waals surface area contributed by atoms with E-state index in [4.69, 9.17) is 0 Å². The fourth-order valence-electron chi connectivity index (χ4n) is 2.07. The average molecular weight is 299 g/mol. The van der Waals surface area contributed by atoms with Gasteiger partial charge in [0.25, 0.3) is 0 Å². The van der Waals surface area contributed by atoms with Crippen molar-refractivity contribution in [2.45, 2.75) is 32.4 Å². The van der Waals surface area contributed by atoms with E-state index in [0.29, 0.717) is 12.1 Å². The Bertz CT molecular complexity index is 531. The number of halogens is 3. The van der Waals surface area contributed by atoms with Crippen LogP contribution in [-0.4, -0.2) is 0 Å². The van der Waals surface area contributed by atoms with Gasteiger partial charge in [-0.2, -0.15) is 0 Å². The molecule has 1 aromatic heterocycles. The summed E-state index contributed by atoms with van der Waals surface area (Å²) in [6, 6.07) is 6.22. The Morgan fingerprint density at radius 3 is 2.45 bits per heavy atom. The summed E-state index contributed by atoms with van der Waals surface area (Å²) in [6.07, 6.45) is 1.94. The predicted molar refractivity (Wildman–Crippen MR) is 75.1 cm³/mol. The van der Waals surface area contributed by atoms with E-state index in [1.54, 1.807) is 11.3 Å². The summed E-state index contributed by atoms with van der Waals surface area (Å²) in [6.45, 7) is 2.39. The number of hydrogen-bond donors (Lipinski definition) is 1. The molecule has 0 saturated carbocycles. The molecule has 1 N–H and O–H groups in total. The molecule has 1 aromatic carbocycles. The molecule has 0 bridgehead atoms. The van der Waals surface area contributed by atoms with Crippen LogP contribution < -0.4 is 5.32 Å². The SMILES string of the molecule is CCCC(NCc1cc(F)c(F)c(F)c1)c1cccs1. The van der Waals surface area contributed by atoms with Gasteiger partial charge < -0.3 is 5.32 Å². The van der Waals surface area contributed by atoms with E-state index in [-0.39, 0.29) is 6.04 Å². The molecule has 0 amide bonds. The molecule has 0 aliphatic rings. The van der Waals surface area contributed by atoms with E-state index < -0.39 is 17.5 Å². The smallest absolute Gasteiger partial charge is 0.194 e. The van der Waals surface area contributed by atoms with Gasteiger partial charge in [-0.3, -0.25) is 0 Å². The third-order valence-electron chi connectivity index (χ3n) is 3.06. The van der Waals surface area contributed by atoms with Gasteiger partial charge in [0.1, 0.15) is 0 Å². The summed E-state index contributed by atoms with van der Waals surface area (Å²) >= 11 is 1.64. The molecule has 0 fully saturated rings. The Kier molecular flexibility index (Phi) is 5.20. The first-order valence-electron chi connectivity index (χ1n) is 6.52. The molecule has 0 saturated heterocycles. The second kappa shape index (κ2) is 6.90. The highest BCUT2D eigenvalue weighted by molar-refractivity contribution is 7.10. The maximum absolute atomic E-state index is 13.1. The standard InChI is InChI=1S/C15H16F3NS/c1-2-4-13(14-5-3-6-20-14)19-9-10-7-11(16)15(18)12(17)8-10/h3,5-8,13,19H,2,4,9H2,1H3. The van der Waals surface area contributed by atoms with Crippen LogP contribution in [0.4, 0.5) is 13.2 Å². The Labute approximate surface area is 120 Å². The minimum atomic E-state index is -1.42.